The number of rotatable bonds is 2. The summed E-state index contributed by atoms with van der Waals surface area (Å²) in [6.45, 7) is 9.00. The molecule has 3 nitrogen and oxygen atoms in total. The minimum atomic E-state index is -0.793. The lowest BCUT2D eigenvalue weighted by Gasteiger charge is -2.50. The normalized spacial score (nSPS) is 26.8. The van der Waals surface area contributed by atoms with Crippen molar-refractivity contribution in [3.63, 3.8) is 0 Å². The molecule has 3 aliphatic heterocycles. The lowest BCUT2D eigenvalue weighted by atomic mass is 9.65. The maximum absolute atomic E-state index is 14.3. The smallest absolute Gasteiger partial charge is 0.268 e. The van der Waals surface area contributed by atoms with E-state index in [2.05, 4.69) is 92.5 Å². The number of fused-ring (bicyclic) bond motifs is 2. The van der Waals surface area contributed by atoms with Crippen LogP contribution in [0, 0.1) is 0 Å². The molecule has 0 saturated heterocycles. The molecule has 4 heteroatoms. The van der Waals surface area contributed by atoms with Crippen molar-refractivity contribution in [2.24, 2.45) is 0 Å². The van der Waals surface area contributed by atoms with E-state index in [1.54, 1.807) is 11.8 Å². The number of amides is 1. The summed E-state index contributed by atoms with van der Waals surface area (Å²) < 4.78 is 0. The molecule has 2 atom stereocenters. The molecule has 0 saturated carbocycles. The fraction of sp³-hybridized carbons (Fsp3) is 0.321. The summed E-state index contributed by atoms with van der Waals surface area (Å²) in [5.74, 6) is 0.156. The first kappa shape index (κ1) is 19.9. The van der Waals surface area contributed by atoms with E-state index in [0.717, 1.165) is 34.7 Å². The minimum Gasteiger partial charge on any atom is -0.358 e. The zero-order chi connectivity index (χ0) is 22.3. The highest BCUT2D eigenvalue weighted by Crippen LogP contribution is 2.63. The van der Waals surface area contributed by atoms with Crippen LogP contribution in [0.3, 0.4) is 0 Å². The quantitative estimate of drug-likeness (QED) is 0.497. The molecule has 162 valence electrons. The van der Waals surface area contributed by atoms with Gasteiger partial charge in [-0.15, -0.1) is 0 Å². The summed E-state index contributed by atoms with van der Waals surface area (Å²) in [4.78, 5) is 16.7. The number of carbonyl (C=O) groups is 1. The van der Waals surface area contributed by atoms with E-state index in [-0.39, 0.29) is 16.9 Å². The summed E-state index contributed by atoms with van der Waals surface area (Å²) >= 11 is 1.67. The van der Waals surface area contributed by atoms with Gasteiger partial charge in [-0.3, -0.25) is 4.79 Å². The van der Waals surface area contributed by atoms with Crippen LogP contribution in [0.1, 0.15) is 56.4 Å². The molecule has 1 spiro atoms. The number of hydrogen-bond acceptors (Lipinski definition) is 3. The standard InChI is InChI=1S/C28H28N2OS/c1-5-18-15-20-24-21(16-18)28(29-22-13-9-10-14-23(22)32-28)25(31)30(24)26(2,3)17-27(20,4)19-11-7-6-8-12-19/h6-16,29H,5,17H2,1-4H3/t27-,28-/m1/s1. The molecule has 0 aliphatic carbocycles. The van der Waals surface area contributed by atoms with Gasteiger partial charge in [0.25, 0.3) is 5.91 Å². The summed E-state index contributed by atoms with van der Waals surface area (Å²) in [5.41, 5.74) is 6.68. The van der Waals surface area contributed by atoms with Gasteiger partial charge in [-0.2, -0.15) is 0 Å². The van der Waals surface area contributed by atoms with Crippen molar-refractivity contribution in [3.05, 3.63) is 89.0 Å². The second-order valence-electron chi connectivity index (χ2n) is 10.1. The SMILES string of the molecule is CCc1cc2c3c(c1)[C@]1(Nc4ccccc4S1)C(=O)N3C(C)(C)C[C@]2(C)c1ccccc1. The van der Waals surface area contributed by atoms with E-state index in [0.29, 0.717) is 0 Å². The fourth-order valence-electron chi connectivity index (χ4n) is 6.14. The molecule has 3 aliphatic rings. The van der Waals surface area contributed by atoms with Crippen LogP contribution in [0.2, 0.25) is 0 Å². The van der Waals surface area contributed by atoms with Gasteiger partial charge in [-0.1, -0.05) is 74.1 Å². The Hall–Kier alpha value is -2.72. The third-order valence-corrected chi connectivity index (χ3v) is 8.92. The number of benzene rings is 3. The number of para-hydroxylation sites is 1. The van der Waals surface area contributed by atoms with Gasteiger partial charge in [0.1, 0.15) is 0 Å². The predicted molar refractivity (Wildman–Crippen MR) is 132 cm³/mol. The average molecular weight is 441 g/mol. The lowest BCUT2D eigenvalue weighted by molar-refractivity contribution is -0.120. The second-order valence-corrected chi connectivity index (χ2v) is 11.4. The Morgan fingerprint density at radius 1 is 0.969 bits per heavy atom. The number of hydrogen-bond donors (Lipinski definition) is 1. The van der Waals surface area contributed by atoms with E-state index in [1.165, 1.54) is 16.7 Å². The van der Waals surface area contributed by atoms with Gasteiger partial charge in [0.2, 0.25) is 0 Å². The largest absolute Gasteiger partial charge is 0.358 e. The molecule has 32 heavy (non-hydrogen) atoms. The number of nitrogens with zero attached hydrogens (tertiary/aromatic N) is 1. The van der Waals surface area contributed by atoms with Gasteiger partial charge in [0.05, 0.1) is 5.69 Å². The van der Waals surface area contributed by atoms with Gasteiger partial charge in [-0.25, -0.2) is 0 Å². The summed E-state index contributed by atoms with van der Waals surface area (Å²) in [6.07, 6.45) is 1.82. The van der Waals surface area contributed by atoms with Gasteiger partial charge in [-0.05, 0) is 61.6 Å². The van der Waals surface area contributed by atoms with Crippen LogP contribution < -0.4 is 10.2 Å². The predicted octanol–water partition coefficient (Wildman–Crippen LogP) is 6.45. The number of nitrogens with one attached hydrogen (secondary N) is 1. The molecule has 1 N–H and O–H groups in total. The Morgan fingerprint density at radius 2 is 1.66 bits per heavy atom. The van der Waals surface area contributed by atoms with Crippen molar-refractivity contribution in [1.82, 2.24) is 0 Å². The number of thioether (sulfide) groups is 1. The van der Waals surface area contributed by atoms with Crippen LogP contribution in [0.4, 0.5) is 11.4 Å². The third kappa shape index (κ3) is 2.42. The molecule has 0 unspecified atom stereocenters. The van der Waals surface area contributed by atoms with Crippen LogP contribution in [-0.2, 0) is 21.5 Å². The monoisotopic (exact) mass is 440 g/mol. The zero-order valence-electron chi connectivity index (χ0n) is 19.0. The van der Waals surface area contributed by atoms with Crippen LogP contribution >= 0.6 is 11.8 Å². The van der Waals surface area contributed by atoms with E-state index >= 15 is 0 Å². The van der Waals surface area contributed by atoms with Crippen LogP contribution in [-0.4, -0.2) is 11.4 Å². The minimum absolute atomic E-state index is 0.156. The molecule has 6 rings (SSSR count). The zero-order valence-corrected chi connectivity index (χ0v) is 19.8. The van der Waals surface area contributed by atoms with Crippen molar-refractivity contribution < 1.29 is 4.79 Å². The molecule has 1 amide bonds. The summed E-state index contributed by atoms with van der Waals surface area (Å²) in [7, 11) is 0. The maximum atomic E-state index is 14.3. The first-order chi connectivity index (χ1) is 15.3. The summed E-state index contributed by atoms with van der Waals surface area (Å²) in [5, 5.41) is 3.66. The van der Waals surface area contributed by atoms with Gasteiger partial charge in [0.15, 0.2) is 4.87 Å². The topological polar surface area (TPSA) is 32.3 Å². The highest BCUT2D eigenvalue weighted by molar-refractivity contribution is 8.01. The Balaban J connectivity index is 1.66. The molecule has 3 aromatic rings. The first-order valence-corrected chi connectivity index (χ1v) is 12.3. The number of anilines is 2. The molecule has 3 aromatic carbocycles. The fourth-order valence-corrected chi connectivity index (χ4v) is 7.45. The van der Waals surface area contributed by atoms with Crippen molar-refractivity contribution in [2.45, 2.75) is 61.3 Å². The molecule has 0 radical (unpaired) electrons. The van der Waals surface area contributed by atoms with Crippen LogP contribution in [0.25, 0.3) is 0 Å². The molecule has 0 aromatic heterocycles. The highest BCUT2D eigenvalue weighted by atomic mass is 32.2. The molecule has 3 heterocycles. The van der Waals surface area contributed by atoms with Gasteiger partial charge < -0.3 is 10.2 Å². The maximum Gasteiger partial charge on any atom is 0.268 e. The van der Waals surface area contributed by atoms with E-state index in [4.69, 9.17) is 0 Å². The Kier molecular flexibility index (Phi) is 3.99. The third-order valence-electron chi connectivity index (χ3n) is 7.54. The molecule has 0 fully saturated rings. The average Bonchev–Trinajstić information content (AvgIpc) is 3.29. The van der Waals surface area contributed by atoms with E-state index in [9.17, 15) is 4.79 Å². The Morgan fingerprint density at radius 3 is 2.38 bits per heavy atom. The molecule has 0 bridgehead atoms. The lowest BCUT2D eigenvalue weighted by Crippen LogP contribution is -2.56. The van der Waals surface area contributed by atoms with Gasteiger partial charge >= 0.3 is 0 Å². The number of aryl methyl sites for hydroxylation is 1. The van der Waals surface area contributed by atoms with Crippen LogP contribution in [0.5, 0.6) is 0 Å². The van der Waals surface area contributed by atoms with Crippen molar-refractivity contribution in [1.29, 1.82) is 0 Å². The van der Waals surface area contributed by atoms with Crippen molar-refractivity contribution >= 4 is 29.0 Å². The second kappa shape index (κ2) is 6.41. The number of carbonyl (C=O) groups excluding carboxylic acids is 1. The molecular formula is C28H28N2OS. The Labute approximate surface area is 194 Å². The first-order valence-electron chi connectivity index (χ1n) is 11.4. The highest BCUT2D eigenvalue weighted by Gasteiger charge is 2.62. The van der Waals surface area contributed by atoms with Crippen molar-refractivity contribution in [2.75, 3.05) is 10.2 Å². The van der Waals surface area contributed by atoms with Gasteiger partial charge in [0, 0.05) is 27.1 Å². The van der Waals surface area contributed by atoms with Crippen LogP contribution in [0.15, 0.2) is 71.6 Å². The van der Waals surface area contributed by atoms with E-state index < -0.39 is 4.87 Å². The van der Waals surface area contributed by atoms with Crippen molar-refractivity contribution in [3.8, 4) is 0 Å². The van der Waals surface area contributed by atoms with E-state index in [1.807, 2.05) is 12.1 Å². The summed E-state index contributed by atoms with van der Waals surface area (Å²) in [6, 6.07) is 23.7. The molecular weight excluding hydrogens is 412 g/mol. The Bertz CT molecular complexity index is 1240.